The van der Waals surface area contributed by atoms with Crippen LogP contribution in [0.1, 0.15) is 11.6 Å². The molecular weight excluding hydrogens is 297 g/mol. The molecule has 6 heteroatoms. The number of nitrogens with one attached hydrogen (secondary N) is 1. The molecule has 0 fully saturated rings. The van der Waals surface area contributed by atoms with Gasteiger partial charge in [0.1, 0.15) is 5.76 Å². The van der Waals surface area contributed by atoms with Crippen LogP contribution >= 0.6 is 22.6 Å². The second-order valence-corrected chi connectivity index (χ2v) is 3.72. The Morgan fingerprint density at radius 1 is 1.36 bits per heavy atom. The molecule has 2 rings (SSSR count). The van der Waals surface area contributed by atoms with Crippen molar-refractivity contribution in [2.45, 2.75) is 13.1 Å². The SMILES string of the molecule is Ic1ccc(CNCc2ncon2)o1. The molecule has 0 saturated carbocycles. The van der Waals surface area contributed by atoms with Crippen LogP contribution in [0, 0.1) is 3.77 Å². The Morgan fingerprint density at radius 3 is 2.93 bits per heavy atom. The van der Waals surface area contributed by atoms with E-state index in [1.165, 1.54) is 6.39 Å². The summed E-state index contributed by atoms with van der Waals surface area (Å²) in [5.74, 6) is 1.55. The normalized spacial score (nSPS) is 10.6. The molecule has 0 saturated heterocycles. The van der Waals surface area contributed by atoms with Gasteiger partial charge in [-0.05, 0) is 34.7 Å². The highest BCUT2D eigenvalue weighted by molar-refractivity contribution is 14.1. The zero-order valence-electron chi connectivity index (χ0n) is 7.24. The lowest BCUT2D eigenvalue weighted by Gasteiger charge is -1.97. The molecule has 0 atom stereocenters. The molecule has 0 aliphatic heterocycles. The van der Waals surface area contributed by atoms with Crippen molar-refractivity contribution in [3.63, 3.8) is 0 Å². The monoisotopic (exact) mass is 305 g/mol. The molecule has 2 aromatic rings. The molecule has 2 heterocycles. The van der Waals surface area contributed by atoms with Gasteiger partial charge in [0.2, 0.25) is 6.39 Å². The van der Waals surface area contributed by atoms with Gasteiger partial charge in [-0.2, -0.15) is 4.98 Å². The first-order chi connectivity index (χ1) is 6.84. The van der Waals surface area contributed by atoms with Gasteiger partial charge >= 0.3 is 0 Å². The van der Waals surface area contributed by atoms with E-state index < -0.39 is 0 Å². The van der Waals surface area contributed by atoms with E-state index in [-0.39, 0.29) is 0 Å². The van der Waals surface area contributed by atoms with Crippen LogP contribution in [0.2, 0.25) is 0 Å². The molecule has 0 amide bonds. The van der Waals surface area contributed by atoms with Gasteiger partial charge in [0.05, 0.1) is 13.1 Å². The Morgan fingerprint density at radius 2 is 2.29 bits per heavy atom. The minimum atomic E-state index is 0.577. The van der Waals surface area contributed by atoms with Crippen molar-refractivity contribution >= 4 is 22.6 Å². The topological polar surface area (TPSA) is 64.1 Å². The Kier molecular flexibility index (Phi) is 3.14. The van der Waals surface area contributed by atoms with Crippen LogP contribution in [-0.4, -0.2) is 10.1 Å². The summed E-state index contributed by atoms with van der Waals surface area (Å²) in [6.45, 7) is 1.24. The summed E-state index contributed by atoms with van der Waals surface area (Å²) in [4.78, 5) is 3.88. The van der Waals surface area contributed by atoms with Crippen LogP contribution in [0.15, 0.2) is 27.5 Å². The molecule has 0 aliphatic rings. The fraction of sp³-hybridized carbons (Fsp3) is 0.250. The molecule has 14 heavy (non-hydrogen) atoms. The fourth-order valence-corrected chi connectivity index (χ4v) is 1.48. The average Bonchev–Trinajstić information content (AvgIpc) is 2.77. The van der Waals surface area contributed by atoms with Gasteiger partial charge in [0, 0.05) is 0 Å². The number of hydrogen-bond acceptors (Lipinski definition) is 5. The van der Waals surface area contributed by atoms with Gasteiger partial charge < -0.3 is 14.3 Å². The minimum Gasteiger partial charge on any atom is -0.454 e. The predicted octanol–water partition coefficient (Wildman–Crippen LogP) is 1.56. The molecule has 0 aliphatic carbocycles. The Balaban J connectivity index is 1.78. The molecule has 1 N–H and O–H groups in total. The number of aromatic nitrogens is 2. The van der Waals surface area contributed by atoms with E-state index in [0.717, 1.165) is 9.53 Å². The highest BCUT2D eigenvalue weighted by Gasteiger charge is 2.00. The second-order valence-electron chi connectivity index (χ2n) is 2.66. The highest BCUT2D eigenvalue weighted by atomic mass is 127. The van der Waals surface area contributed by atoms with Crippen LogP contribution in [0.5, 0.6) is 0 Å². The first-order valence-corrected chi connectivity index (χ1v) is 5.12. The highest BCUT2D eigenvalue weighted by Crippen LogP contribution is 2.09. The minimum absolute atomic E-state index is 0.577. The Labute approximate surface area is 94.0 Å². The van der Waals surface area contributed by atoms with Crippen LogP contribution in [0.3, 0.4) is 0 Å². The summed E-state index contributed by atoms with van der Waals surface area (Å²) in [7, 11) is 0. The van der Waals surface area contributed by atoms with Crippen molar-refractivity contribution in [2.24, 2.45) is 0 Å². The third kappa shape index (κ3) is 2.55. The van der Waals surface area contributed by atoms with E-state index in [9.17, 15) is 0 Å². The first-order valence-electron chi connectivity index (χ1n) is 4.05. The maximum Gasteiger partial charge on any atom is 0.213 e. The number of hydrogen-bond donors (Lipinski definition) is 1. The number of furan rings is 1. The van der Waals surface area contributed by atoms with E-state index in [1.54, 1.807) is 0 Å². The third-order valence-electron chi connectivity index (χ3n) is 1.62. The van der Waals surface area contributed by atoms with Crippen molar-refractivity contribution in [1.29, 1.82) is 0 Å². The van der Waals surface area contributed by atoms with E-state index in [2.05, 4.69) is 42.6 Å². The van der Waals surface area contributed by atoms with E-state index in [4.69, 9.17) is 4.42 Å². The number of halogens is 1. The molecule has 0 unspecified atom stereocenters. The van der Waals surface area contributed by atoms with Crippen molar-refractivity contribution in [1.82, 2.24) is 15.5 Å². The van der Waals surface area contributed by atoms with E-state index in [1.807, 2.05) is 12.1 Å². The summed E-state index contributed by atoms with van der Waals surface area (Å²) < 4.78 is 10.8. The van der Waals surface area contributed by atoms with Crippen LogP contribution in [0.25, 0.3) is 0 Å². The molecule has 0 aromatic carbocycles. The van der Waals surface area contributed by atoms with Gasteiger partial charge in [-0.15, -0.1) is 0 Å². The zero-order chi connectivity index (χ0) is 9.80. The second kappa shape index (κ2) is 4.56. The van der Waals surface area contributed by atoms with Crippen molar-refractivity contribution in [3.05, 3.63) is 33.9 Å². The van der Waals surface area contributed by atoms with Crippen molar-refractivity contribution < 1.29 is 8.94 Å². The lowest BCUT2D eigenvalue weighted by molar-refractivity contribution is 0.404. The van der Waals surface area contributed by atoms with Crippen LogP contribution < -0.4 is 5.32 Å². The van der Waals surface area contributed by atoms with Crippen LogP contribution in [-0.2, 0) is 13.1 Å². The number of nitrogens with zero attached hydrogens (tertiary/aromatic N) is 2. The fourth-order valence-electron chi connectivity index (χ4n) is 1.01. The molecule has 2 aromatic heterocycles. The molecule has 0 radical (unpaired) electrons. The van der Waals surface area contributed by atoms with E-state index in [0.29, 0.717) is 18.9 Å². The van der Waals surface area contributed by atoms with E-state index >= 15 is 0 Å². The lowest BCUT2D eigenvalue weighted by atomic mass is 10.4. The maximum atomic E-state index is 5.36. The van der Waals surface area contributed by atoms with Gasteiger partial charge in [0.15, 0.2) is 9.59 Å². The standard InChI is InChI=1S/C8H8IN3O2/c9-7-2-1-6(14-7)3-10-4-8-11-5-13-12-8/h1-2,5,10H,3-4H2. The largest absolute Gasteiger partial charge is 0.454 e. The van der Waals surface area contributed by atoms with Gasteiger partial charge in [0.25, 0.3) is 0 Å². The molecule has 5 nitrogen and oxygen atoms in total. The van der Waals surface area contributed by atoms with Gasteiger partial charge in [-0.3, -0.25) is 0 Å². The van der Waals surface area contributed by atoms with Gasteiger partial charge in [-0.25, -0.2) is 0 Å². The van der Waals surface area contributed by atoms with Crippen molar-refractivity contribution in [3.8, 4) is 0 Å². The average molecular weight is 305 g/mol. The Hall–Kier alpha value is -0.890. The number of rotatable bonds is 4. The quantitative estimate of drug-likeness (QED) is 0.869. The zero-order valence-corrected chi connectivity index (χ0v) is 9.39. The smallest absolute Gasteiger partial charge is 0.213 e. The summed E-state index contributed by atoms with van der Waals surface area (Å²) in [6.07, 6.45) is 1.31. The first kappa shape index (κ1) is 9.66. The molecular formula is C8H8IN3O2. The summed E-state index contributed by atoms with van der Waals surface area (Å²) in [5, 5.41) is 6.81. The van der Waals surface area contributed by atoms with Crippen LogP contribution in [0.4, 0.5) is 0 Å². The van der Waals surface area contributed by atoms with Gasteiger partial charge in [-0.1, -0.05) is 5.16 Å². The molecule has 0 spiro atoms. The summed E-state index contributed by atoms with van der Waals surface area (Å²) in [5.41, 5.74) is 0. The predicted molar refractivity (Wildman–Crippen MR) is 56.3 cm³/mol. The van der Waals surface area contributed by atoms with Crippen molar-refractivity contribution in [2.75, 3.05) is 0 Å². The molecule has 74 valence electrons. The lowest BCUT2D eigenvalue weighted by Crippen LogP contribution is -2.13. The maximum absolute atomic E-state index is 5.36. The summed E-state index contributed by atoms with van der Waals surface area (Å²) >= 11 is 2.13. The molecule has 0 bridgehead atoms. The Bertz CT molecular complexity index is 385. The summed E-state index contributed by atoms with van der Waals surface area (Å²) in [6, 6.07) is 3.86. The third-order valence-corrected chi connectivity index (χ3v) is 2.20.